The van der Waals surface area contributed by atoms with Crippen LogP contribution in [0, 0.1) is 13.8 Å². The van der Waals surface area contributed by atoms with Crippen LogP contribution in [0.3, 0.4) is 0 Å². The van der Waals surface area contributed by atoms with Crippen LogP contribution in [0.2, 0.25) is 0 Å². The third-order valence-electron chi connectivity index (χ3n) is 2.56. The monoisotopic (exact) mass is 281 g/mol. The molecule has 0 saturated carbocycles. The van der Waals surface area contributed by atoms with Crippen LogP contribution in [-0.2, 0) is 4.79 Å². The third kappa shape index (κ3) is 3.17. The highest BCUT2D eigenvalue weighted by Gasteiger charge is 2.18. The van der Waals surface area contributed by atoms with E-state index < -0.39 is 5.97 Å². The molecule has 0 aromatic carbocycles. The number of imidazole rings is 1. The smallest absolute Gasteiger partial charge is 0.313 e. The Hall–Kier alpha value is -1.76. The number of aliphatic carboxylic acids is 1. The van der Waals surface area contributed by atoms with Crippen LogP contribution in [0.4, 0.5) is 0 Å². The molecule has 2 aromatic rings. The lowest BCUT2D eigenvalue weighted by atomic mass is 10.3. The zero-order valence-electron chi connectivity index (χ0n) is 11.0. The van der Waals surface area contributed by atoms with Crippen LogP contribution in [0.1, 0.15) is 30.3 Å². The maximum atomic E-state index is 10.6. The van der Waals surface area contributed by atoms with Crippen molar-refractivity contribution in [1.29, 1.82) is 0 Å². The second-order valence-electron chi connectivity index (χ2n) is 4.24. The minimum Gasteiger partial charge on any atom is -0.481 e. The van der Waals surface area contributed by atoms with Gasteiger partial charge < -0.3 is 14.1 Å². The minimum atomic E-state index is -0.864. The lowest BCUT2D eigenvalue weighted by Crippen LogP contribution is -2.08. The quantitative estimate of drug-likeness (QED) is 0.847. The molecule has 0 aliphatic heterocycles. The molecule has 2 aromatic heterocycles. The molecule has 0 bridgehead atoms. The summed E-state index contributed by atoms with van der Waals surface area (Å²) >= 11 is 1.19. The van der Waals surface area contributed by atoms with Crippen molar-refractivity contribution in [2.45, 2.75) is 32.0 Å². The van der Waals surface area contributed by atoms with Gasteiger partial charge in [-0.1, -0.05) is 11.8 Å². The Labute approximate surface area is 114 Å². The first-order valence-electron chi connectivity index (χ1n) is 5.79. The van der Waals surface area contributed by atoms with Crippen molar-refractivity contribution in [2.24, 2.45) is 0 Å². The highest BCUT2D eigenvalue weighted by Crippen LogP contribution is 2.25. The maximum Gasteiger partial charge on any atom is 0.313 e. The van der Waals surface area contributed by atoms with Gasteiger partial charge >= 0.3 is 5.97 Å². The summed E-state index contributed by atoms with van der Waals surface area (Å²) in [7, 11) is 0. The molecule has 0 radical (unpaired) electrons. The summed E-state index contributed by atoms with van der Waals surface area (Å²) in [5, 5.41) is 9.40. The van der Waals surface area contributed by atoms with Crippen molar-refractivity contribution in [3.63, 3.8) is 0 Å². The molecule has 1 N–H and O–H groups in total. The predicted molar refractivity (Wildman–Crippen MR) is 70.4 cm³/mol. The predicted octanol–water partition coefficient (Wildman–Crippen LogP) is 2.27. The van der Waals surface area contributed by atoms with Gasteiger partial charge in [0.25, 0.3) is 0 Å². The van der Waals surface area contributed by atoms with E-state index in [0.29, 0.717) is 11.0 Å². The minimum absolute atomic E-state index is 0.0201. The molecule has 1 unspecified atom stereocenters. The first kappa shape index (κ1) is 13.7. The molecular weight excluding hydrogens is 266 g/mol. The average Bonchev–Trinajstić information content (AvgIpc) is 2.92. The fourth-order valence-corrected chi connectivity index (χ4v) is 2.51. The topological polar surface area (TPSA) is 81.2 Å². The molecule has 1 atom stereocenters. The van der Waals surface area contributed by atoms with Crippen LogP contribution in [0.5, 0.6) is 0 Å². The number of aryl methyl sites for hydroxylation is 2. The summed E-state index contributed by atoms with van der Waals surface area (Å²) < 4.78 is 7.39. The fourth-order valence-electron chi connectivity index (χ4n) is 1.69. The van der Waals surface area contributed by atoms with Gasteiger partial charge in [0.15, 0.2) is 5.16 Å². The number of carboxylic acids is 1. The molecular formula is C12H15N3O3S. The molecule has 0 spiro atoms. The Kier molecular flexibility index (Phi) is 3.94. The number of hydrogen-bond acceptors (Lipinski definition) is 5. The van der Waals surface area contributed by atoms with Gasteiger partial charge in [-0.2, -0.15) is 0 Å². The van der Waals surface area contributed by atoms with Gasteiger partial charge in [-0.25, -0.2) is 9.97 Å². The van der Waals surface area contributed by atoms with Gasteiger partial charge in [0.2, 0.25) is 5.89 Å². The number of nitrogens with zero attached hydrogens (tertiary/aromatic N) is 3. The van der Waals surface area contributed by atoms with Gasteiger partial charge in [0.1, 0.15) is 11.8 Å². The number of carbonyl (C=O) groups is 1. The molecule has 2 heterocycles. The van der Waals surface area contributed by atoms with Crippen molar-refractivity contribution in [2.75, 3.05) is 5.75 Å². The van der Waals surface area contributed by atoms with E-state index in [2.05, 4.69) is 9.97 Å². The van der Waals surface area contributed by atoms with Crippen LogP contribution >= 0.6 is 11.8 Å². The lowest BCUT2D eigenvalue weighted by Gasteiger charge is -2.12. The summed E-state index contributed by atoms with van der Waals surface area (Å²) in [4.78, 5) is 19.2. The van der Waals surface area contributed by atoms with E-state index in [1.165, 1.54) is 11.8 Å². The van der Waals surface area contributed by atoms with Crippen LogP contribution in [0.15, 0.2) is 22.0 Å². The maximum absolute atomic E-state index is 10.6. The van der Waals surface area contributed by atoms with E-state index in [9.17, 15) is 4.79 Å². The largest absolute Gasteiger partial charge is 0.481 e. The second-order valence-corrected chi connectivity index (χ2v) is 5.18. The standard InChI is InChI=1S/C12H15N3O3S/c1-7-5-15(12(14-7)19-6-10(16)17)9(3)11-13-4-8(2)18-11/h4-5,9H,6H2,1-3H3,(H,16,17). The Bertz CT molecular complexity index is 591. The van der Waals surface area contributed by atoms with Gasteiger partial charge in [0.05, 0.1) is 17.6 Å². The Morgan fingerprint density at radius 3 is 2.89 bits per heavy atom. The fraction of sp³-hybridized carbons (Fsp3) is 0.417. The highest BCUT2D eigenvalue weighted by atomic mass is 32.2. The van der Waals surface area contributed by atoms with Gasteiger partial charge in [-0.15, -0.1) is 0 Å². The zero-order chi connectivity index (χ0) is 14.0. The molecule has 0 aliphatic rings. The Morgan fingerprint density at radius 2 is 2.32 bits per heavy atom. The van der Waals surface area contributed by atoms with Crippen LogP contribution in [-0.4, -0.2) is 31.4 Å². The normalized spacial score (nSPS) is 12.6. The number of aromatic nitrogens is 3. The summed E-state index contributed by atoms with van der Waals surface area (Å²) in [5.41, 5.74) is 0.836. The van der Waals surface area contributed by atoms with Gasteiger partial charge in [0, 0.05) is 6.20 Å². The van der Waals surface area contributed by atoms with Crippen molar-refractivity contribution >= 4 is 17.7 Å². The number of carboxylic acid groups (broad SMARTS) is 1. The molecule has 6 nitrogen and oxygen atoms in total. The Balaban J connectivity index is 2.25. The van der Waals surface area contributed by atoms with Gasteiger partial charge in [-0.3, -0.25) is 4.79 Å². The molecule has 2 rings (SSSR count). The van der Waals surface area contributed by atoms with E-state index in [1.807, 2.05) is 31.5 Å². The molecule has 102 valence electrons. The van der Waals surface area contributed by atoms with Crippen molar-refractivity contribution < 1.29 is 14.3 Å². The van der Waals surface area contributed by atoms with E-state index in [4.69, 9.17) is 9.52 Å². The number of rotatable bonds is 5. The molecule has 19 heavy (non-hydrogen) atoms. The van der Waals surface area contributed by atoms with Crippen LogP contribution < -0.4 is 0 Å². The van der Waals surface area contributed by atoms with Crippen molar-refractivity contribution in [3.05, 3.63) is 29.7 Å². The molecule has 0 aliphatic carbocycles. The molecule has 0 amide bonds. The summed E-state index contributed by atoms with van der Waals surface area (Å²) in [5.74, 6) is 0.454. The number of hydrogen-bond donors (Lipinski definition) is 1. The molecule has 0 fully saturated rings. The summed E-state index contributed by atoms with van der Waals surface area (Å²) in [6, 6.07) is -0.119. The summed E-state index contributed by atoms with van der Waals surface area (Å²) in [6.07, 6.45) is 3.54. The average molecular weight is 281 g/mol. The second kappa shape index (κ2) is 5.48. The van der Waals surface area contributed by atoms with Crippen LogP contribution in [0.25, 0.3) is 0 Å². The first-order valence-corrected chi connectivity index (χ1v) is 6.78. The molecule has 7 heteroatoms. The van der Waals surface area contributed by atoms with E-state index in [-0.39, 0.29) is 11.8 Å². The SMILES string of the molecule is Cc1cn(C(C)c2ncc(C)o2)c(SCC(=O)O)n1. The molecule has 0 saturated heterocycles. The third-order valence-corrected chi connectivity index (χ3v) is 3.51. The summed E-state index contributed by atoms with van der Waals surface area (Å²) in [6.45, 7) is 5.65. The zero-order valence-corrected chi connectivity index (χ0v) is 11.8. The first-order chi connectivity index (χ1) is 8.97. The van der Waals surface area contributed by atoms with E-state index in [1.54, 1.807) is 6.20 Å². The number of oxazole rings is 1. The van der Waals surface area contributed by atoms with Gasteiger partial charge in [-0.05, 0) is 20.8 Å². The van der Waals surface area contributed by atoms with E-state index in [0.717, 1.165) is 11.5 Å². The van der Waals surface area contributed by atoms with E-state index >= 15 is 0 Å². The Morgan fingerprint density at radius 1 is 1.58 bits per heavy atom. The van der Waals surface area contributed by atoms with Crippen molar-refractivity contribution in [3.8, 4) is 0 Å². The highest BCUT2D eigenvalue weighted by molar-refractivity contribution is 7.99. The number of thioether (sulfide) groups is 1. The lowest BCUT2D eigenvalue weighted by molar-refractivity contribution is -0.133. The van der Waals surface area contributed by atoms with Crippen molar-refractivity contribution in [1.82, 2.24) is 14.5 Å².